The van der Waals surface area contributed by atoms with E-state index < -0.39 is 5.04 Å². The molecule has 5 aliphatic heterocycles. The van der Waals surface area contributed by atoms with Crippen molar-refractivity contribution in [2.24, 2.45) is 47.3 Å². The molecular formula is C48H72N8O4Si. The number of hydrogen-bond acceptors (Lipinski definition) is 12. The van der Waals surface area contributed by atoms with E-state index in [2.05, 4.69) is 54.7 Å². The Hall–Kier alpha value is -2.59. The average Bonchev–Trinajstić information content (AvgIpc) is 4.05. The van der Waals surface area contributed by atoms with Crippen LogP contribution in [0.2, 0.25) is 0 Å². The molecule has 9 fully saturated rings. The van der Waals surface area contributed by atoms with Gasteiger partial charge in [0, 0.05) is 16.2 Å². The van der Waals surface area contributed by atoms with Crippen molar-refractivity contribution in [1.82, 2.24) is 42.5 Å². The third-order valence-electron chi connectivity index (χ3n) is 17.8. The van der Waals surface area contributed by atoms with Gasteiger partial charge in [0.05, 0.1) is 68.6 Å². The van der Waals surface area contributed by atoms with Crippen LogP contribution in [0.1, 0.15) is 107 Å². The Balaban J connectivity index is 0.934. The maximum atomic E-state index is 15.3. The Morgan fingerprint density at radius 1 is 0.492 bits per heavy atom. The molecule has 11 rings (SSSR count). The summed E-state index contributed by atoms with van der Waals surface area (Å²) in [7, 11) is 3.88. The summed E-state index contributed by atoms with van der Waals surface area (Å²) in [6.07, 6.45) is 20.0. The smallest absolute Gasteiger partial charge is 0.317 e. The van der Waals surface area contributed by atoms with E-state index in [4.69, 9.17) is 14.2 Å². The first-order chi connectivity index (χ1) is 29.9. The van der Waals surface area contributed by atoms with Gasteiger partial charge in [-0.2, -0.15) is 0 Å². The van der Waals surface area contributed by atoms with Crippen molar-refractivity contribution in [1.29, 1.82) is 0 Å². The van der Waals surface area contributed by atoms with E-state index in [0.717, 1.165) is 41.9 Å². The summed E-state index contributed by atoms with van der Waals surface area (Å²) >= 11 is 0. The number of esters is 1. The zero-order valence-electron chi connectivity index (χ0n) is 36.7. The third kappa shape index (κ3) is 7.39. The Morgan fingerprint density at radius 3 is 1.21 bits per heavy atom. The summed E-state index contributed by atoms with van der Waals surface area (Å²) in [5, 5.41) is 33.0. The van der Waals surface area contributed by atoms with Gasteiger partial charge < -0.3 is 14.2 Å². The van der Waals surface area contributed by atoms with Gasteiger partial charge in [0.1, 0.15) is 17.6 Å². The molecule has 9 aliphatic rings. The highest BCUT2D eigenvalue weighted by molar-refractivity contribution is 6.30. The first-order valence-corrected chi connectivity index (χ1v) is 25.5. The molecule has 2 aromatic rings. The minimum atomic E-state index is -0.952. The number of nitrogens with one attached hydrogen (secondary N) is 8. The highest BCUT2D eigenvalue weighted by Gasteiger charge is 2.57. The van der Waals surface area contributed by atoms with Crippen LogP contribution in [0.15, 0.2) is 48.5 Å². The fourth-order valence-corrected chi connectivity index (χ4v) is 15.4. The fraction of sp³-hybridized carbons (Fsp3) is 0.729. The second kappa shape index (κ2) is 17.1. The fourth-order valence-electron chi connectivity index (χ4n) is 14.7. The molecule has 61 heavy (non-hydrogen) atoms. The lowest BCUT2D eigenvalue weighted by atomic mass is 9.75. The van der Waals surface area contributed by atoms with E-state index in [1.807, 2.05) is 36.4 Å². The molecule has 4 saturated carbocycles. The monoisotopic (exact) mass is 853 g/mol. The summed E-state index contributed by atoms with van der Waals surface area (Å²) in [4.78, 5) is 15.3. The van der Waals surface area contributed by atoms with Gasteiger partial charge in [0.15, 0.2) is 0 Å². The normalized spacial score (nSPS) is 43.1. The molecule has 17 atom stereocenters. The Bertz CT molecular complexity index is 1840. The van der Waals surface area contributed by atoms with Crippen LogP contribution < -0.4 is 52.0 Å². The van der Waals surface area contributed by atoms with Gasteiger partial charge in [-0.05, 0) is 135 Å². The van der Waals surface area contributed by atoms with Crippen molar-refractivity contribution in [3.05, 3.63) is 59.7 Å². The highest BCUT2D eigenvalue weighted by Crippen LogP contribution is 2.47. The molecular weight excluding hydrogens is 781 g/mol. The first kappa shape index (κ1) is 41.1. The highest BCUT2D eigenvalue weighted by atomic mass is 28.1. The number of hydrogen-bond donors (Lipinski definition) is 8. The molecule has 17 unspecified atom stereocenters. The summed E-state index contributed by atoms with van der Waals surface area (Å²) in [6.45, 7) is 0. The standard InChI is InChI=1S/C48H72N8O4Si/c1-58-28-14-9-12-26(24-28)48(61,27-13-10-15-29(25-27)59-2)47(57)60-37-23-11-22-36-38(37)46-55-44-35-21-8-7-20-34(35)42(53-44)51-40-31-17-4-3-16-30(31)39(49-40)50-41-32-18-5-6-19-33(32)43(52-41)54-45(36)56-46/h9-10,12-15,24-25,30-46,49-56H,3-8,11,16-23H2,1-2,61H3. The number of ether oxygens (including phenoxy) is 3. The molecule has 8 N–H and O–H groups in total. The predicted octanol–water partition coefficient (Wildman–Crippen LogP) is 3.45. The van der Waals surface area contributed by atoms with Crippen molar-refractivity contribution in [2.75, 3.05) is 14.2 Å². The van der Waals surface area contributed by atoms with Crippen LogP contribution in [0.5, 0.6) is 11.5 Å². The molecule has 0 spiro atoms. The second-order valence-corrected chi connectivity index (χ2v) is 22.2. The molecule has 0 amide bonds. The van der Waals surface area contributed by atoms with E-state index >= 15 is 4.79 Å². The van der Waals surface area contributed by atoms with Crippen LogP contribution in [0.4, 0.5) is 0 Å². The molecule has 8 bridgehead atoms. The van der Waals surface area contributed by atoms with Crippen molar-refractivity contribution in [3.8, 4) is 11.5 Å². The molecule has 5 heterocycles. The largest absolute Gasteiger partial charge is 0.497 e. The number of benzene rings is 2. The van der Waals surface area contributed by atoms with Gasteiger partial charge >= 0.3 is 5.97 Å². The van der Waals surface area contributed by atoms with Crippen LogP contribution >= 0.6 is 0 Å². The van der Waals surface area contributed by atoms with E-state index in [-0.39, 0.29) is 55.0 Å². The van der Waals surface area contributed by atoms with Crippen molar-refractivity contribution < 1.29 is 19.0 Å². The van der Waals surface area contributed by atoms with Crippen LogP contribution in [0.3, 0.4) is 0 Å². The van der Waals surface area contributed by atoms with E-state index in [9.17, 15) is 0 Å². The summed E-state index contributed by atoms with van der Waals surface area (Å²) in [6, 6.07) is 16.0. The molecule has 332 valence electrons. The lowest BCUT2D eigenvalue weighted by molar-refractivity contribution is -0.158. The SMILES string of the molecule is COc1cccc(C([SiH3])(C(=O)OC2CCCC3C4NC5NC(NC6NC(NC7NC(NC(N4)C23)C2CCCCC72)C2CCCCC62)C2CCCCC52)c2cccc(OC)c2)c1. The lowest BCUT2D eigenvalue weighted by Gasteiger charge is -2.40. The number of methoxy groups -OCH3 is 2. The molecule has 4 aliphatic carbocycles. The third-order valence-corrected chi connectivity index (χ3v) is 19.4. The molecule has 0 radical (unpaired) electrons. The molecule has 0 aromatic heterocycles. The van der Waals surface area contributed by atoms with E-state index in [0.29, 0.717) is 64.0 Å². The first-order valence-electron chi connectivity index (χ1n) is 24.5. The van der Waals surface area contributed by atoms with Gasteiger partial charge in [0.2, 0.25) is 0 Å². The molecule has 5 saturated heterocycles. The number of rotatable bonds is 6. The quantitative estimate of drug-likeness (QED) is 0.160. The van der Waals surface area contributed by atoms with Gasteiger partial charge in [-0.1, -0.05) is 62.8 Å². The second-order valence-electron chi connectivity index (χ2n) is 20.7. The minimum absolute atomic E-state index is 0.0151. The van der Waals surface area contributed by atoms with Crippen LogP contribution in [0.25, 0.3) is 0 Å². The van der Waals surface area contributed by atoms with Gasteiger partial charge in [-0.25, -0.2) is 0 Å². The Kier molecular flexibility index (Phi) is 11.5. The summed E-state index contributed by atoms with van der Waals surface area (Å²) in [5.74, 6) is 5.36. The van der Waals surface area contributed by atoms with Crippen LogP contribution in [-0.4, -0.2) is 85.9 Å². The molecule has 2 aromatic carbocycles. The molecule has 12 nitrogen and oxygen atoms in total. The van der Waals surface area contributed by atoms with Gasteiger partial charge in [0.25, 0.3) is 0 Å². The van der Waals surface area contributed by atoms with Crippen LogP contribution in [0, 0.1) is 47.3 Å². The molecule has 13 heteroatoms. The van der Waals surface area contributed by atoms with Gasteiger partial charge in [-0.15, -0.1) is 0 Å². The summed E-state index contributed by atoms with van der Waals surface area (Å²) in [5.41, 5.74) is 1.80. The predicted molar refractivity (Wildman–Crippen MR) is 239 cm³/mol. The number of carbonyl (C=O) groups is 1. The zero-order chi connectivity index (χ0) is 41.2. The zero-order valence-corrected chi connectivity index (χ0v) is 38.7. The van der Waals surface area contributed by atoms with Crippen molar-refractivity contribution in [2.45, 2.75) is 157 Å². The van der Waals surface area contributed by atoms with E-state index in [1.165, 1.54) is 77.0 Å². The number of carbonyl (C=O) groups excluding carboxylic acids is 1. The van der Waals surface area contributed by atoms with E-state index in [1.54, 1.807) is 14.2 Å². The maximum absolute atomic E-state index is 15.3. The Labute approximate surface area is 366 Å². The Morgan fingerprint density at radius 2 is 0.836 bits per heavy atom. The van der Waals surface area contributed by atoms with Crippen LogP contribution in [-0.2, 0) is 14.6 Å². The lowest BCUT2D eigenvalue weighted by Crippen LogP contribution is -2.62. The van der Waals surface area contributed by atoms with Crippen molar-refractivity contribution in [3.63, 3.8) is 0 Å². The average molecular weight is 853 g/mol. The minimum Gasteiger partial charge on any atom is -0.497 e. The summed E-state index contributed by atoms with van der Waals surface area (Å²) < 4.78 is 18.5. The maximum Gasteiger partial charge on any atom is 0.317 e. The topological polar surface area (TPSA) is 141 Å². The number of fused-ring (bicyclic) bond motifs is 20. The van der Waals surface area contributed by atoms with Gasteiger partial charge in [-0.3, -0.25) is 47.3 Å². The van der Waals surface area contributed by atoms with Crippen molar-refractivity contribution >= 4 is 16.2 Å².